The van der Waals surface area contributed by atoms with E-state index in [-0.39, 0.29) is 0 Å². The first kappa shape index (κ1) is 22.7. The molecule has 1 atom stereocenters. The van der Waals surface area contributed by atoms with Crippen LogP contribution in [0.1, 0.15) is 54.4 Å². The molecule has 2 aliphatic carbocycles. The van der Waals surface area contributed by atoms with Crippen LogP contribution in [-0.4, -0.2) is 39.4 Å². The average Bonchev–Trinajstić information content (AvgIpc) is 3.54. The van der Waals surface area contributed by atoms with Crippen LogP contribution in [0.5, 0.6) is 0 Å². The maximum absolute atomic E-state index is 5.70. The zero-order chi connectivity index (χ0) is 24.6. The van der Waals surface area contributed by atoms with Crippen molar-refractivity contribution in [2.45, 2.75) is 63.8 Å². The fourth-order valence-corrected chi connectivity index (χ4v) is 6.45. The second-order valence-corrected chi connectivity index (χ2v) is 10.8. The van der Waals surface area contributed by atoms with Crippen LogP contribution in [-0.2, 0) is 25.7 Å². The van der Waals surface area contributed by atoms with Crippen LogP contribution in [0, 0.1) is 0 Å². The number of nitrogens with one attached hydrogen (secondary N) is 1. The molecule has 37 heavy (non-hydrogen) atoms. The summed E-state index contributed by atoms with van der Waals surface area (Å²) in [5, 5.41) is 16.9. The third kappa shape index (κ3) is 4.55. The van der Waals surface area contributed by atoms with Crippen LogP contribution in [0.15, 0.2) is 59.1 Å². The molecule has 4 aromatic rings. The molecule has 7 rings (SSSR count). The number of hydrogen-bond donors (Lipinski definition) is 1. The van der Waals surface area contributed by atoms with Crippen LogP contribution in [0.2, 0.25) is 0 Å². The Morgan fingerprint density at radius 1 is 0.757 bits per heavy atom. The third-order valence-electron chi connectivity index (χ3n) is 8.43. The van der Waals surface area contributed by atoms with Crippen molar-refractivity contribution in [3.8, 4) is 22.7 Å². The van der Waals surface area contributed by atoms with Crippen LogP contribution in [0.25, 0.3) is 22.7 Å². The van der Waals surface area contributed by atoms with Gasteiger partial charge in [0.2, 0.25) is 0 Å². The zero-order valence-electron chi connectivity index (χ0n) is 21.2. The van der Waals surface area contributed by atoms with E-state index in [1.807, 2.05) is 6.07 Å². The fourth-order valence-electron chi connectivity index (χ4n) is 6.45. The van der Waals surface area contributed by atoms with Crippen LogP contribution in [0.4, 0.5) is 11.5 Å². The summed E-state index contributed by atoms with van der Waals surface area (Å²) in [6.45, 7) is 2.56. The summed E-state index contributed by atoms with van der Waals surface area (Å²) in [6.07, 6.45) is 10.7. The molecule has 188 valence electrons. The van der Waals surface area contributed by atoms with Gasteiger partial charge < -0.3 is 14.7 Å². The van der Waals surface area contributed by atoms with Crippen LogP contribution in [0.3, 0.4) is 0 Å². The van der Waals surface area contributed by atoms with Crippen LogP contribution < -0.4 is 5.32 Å². The lowest BCUT2D eigenvalue weighted by atomic mass is 10.0. The number of fused-ring (bicyclic) bond motifs is 4. The maximum Gasteiger partial charge on any atom is 0.189 e. The van der Waals surface area contributed by atoms with E-state index in [0.29, 0.717) is 11.6 Å². The summed E-state index contributed by atoms with van der Waals surface area (Å²) in [4.78, 5) is 2.71. The number of benzene rings is 2. The second kappa shape index (κ2) is 9.75. The van der Waals surface area contributed by atoms with Gasteiger partial charge in [0.25, 0.3) is 0 Å². The molecule has 6 heteroatoms. The molecule has 0 radical (unpaired) electrons. The summed E-state index contributed by atoms with van der Waals surface area (Å²) in [5.41, 5.74) is 9.51. The number of likely N-dealkylation sites (tertiary alicyclic amines) is 1. The standard InChI is InChI=1S/C31H33N5O/c1-2-9-27-22(6-1)7-5-8-24-19-28(33-34-31(24)27)29-20-30(35-37-29)32-25-13-10-21-11-14-26(15-12-23(21)18-25)36-16-3-4-17-36/h1-2,6,9-10,13,18-20,26H,3-5,7-8,11-12,14-17H2,(H,32,35). The third-order valence-corrected chi connectivity index (χ3v) is 8.43. The normalized spacial score (nSPS) is 19.4. The van der Waals surface area contributed by atoms with E-state index in [1.165, 1.54) is 73.0 Å². The van der Waals surface area contributed by atoms with Crippen molar-refractivity contribution in [2.75, 3.05) is 18.4 Å². The topological polar surface area (TPSA) is 67.1 Å². The van der Waals surface area contributed by atoms with E-state index < -0.39 is 0 Å². The van der Waals surface area contributed by atoms with E-state index >= 15 is 0 Å². The molecule has 1 N–H and O–H groups in total. The van der Waals surface area contributed by atoms with E-state index in [1.54, 1.807) is 0 Å². The first-order valence-electron chi connectivity index (χ1n) is 13.8. The molecule has 1 saturated heterocycles. The van der Waals surface area contributed by atoms with E-state index in [9.17, 15) is 0 Å². The second-order valence-electron chi connectivity index (χ2n) is 10.8. The first-order chi connectivity index (χ1) is 18.3. The molecule has 1 fully saturated rings. The highest BCUT2D eigenvalue weighted by Crippen LogP contribution is 2.33. The number of nitrogens with zero attached hydrogens (tertiary/aromatic N) is 4. The lowest BCUT2D eigenvalue weighted by Gasteiger charge is -2.25. The lowest BCUT2D eigenvalue weighted by Crippen LogP contribution is -2.32. The van der Waals surface area contributed by atoms with Crippen molar-refractivity contribution in [3.05, 3.63) is 76.9 Å². The molecule has 0 amide bonds. The quantitative estimate of drug-likeness (QED) is 0.334. The highest BCUT2D eigenvalue weighted by Gasteiger charge is 2.24. The van der Waals surface area contributed by atoms with Crippen molar-refractivity contribution in [1.82, 2.24) is 20.3 Å². The Balaban J connectivity index is 1.08. The number of rotatable bonds is 4. The minimum Gasteiger partial charge on any atom is -0.352 e. The zero-order valence-corrected chi connectivity index (χ0v) is 21.2. The minimum absolute atomic E-state index is 0.638. The summed E-state index contributed by atoms with van der Waals surface area (Å²) in [7, 11) is 0. The van der Waals surface area contributed by atoms with Gasteiger partial charge in [-0.3, -0.25) is 0 Å². The summed E-state index contributed by atoms with van der Waals surface area (Å²) < 4.78 is 5.70. The Hall–Kier alpha value is -3.51. The van der Waals surface area contributed by atoms with E-state index in [4.69, 9.17) is 4.52 Å². The number of aromatic nitrogens is 3. The van der Waals surface area contributed by atoms with Gasteiger partial charge in [0.05, 0.1) is 5.69 Å². The van der Waals surface area contributed by atoms with E-state index in [0.717, 1.165) is 48.8 Å². The largest absolute Gasteiger partial charge is 0.352 e. The van der Waals surface area contributed by atoms with Gasteiger partial charge in [0.15, 0.2) is 11.6 Å². The molecule has 1 unspecified atom stereocenters. The first-order valence-corrected chi connectivity index (χ1v) is 13.8. The number of anilines is 2. The van der Waals surface area contributed by atoms with Gasteiger partial charge in [-0.25, -0.2) is 0 Å². The molecule has 6 nitrogen and oxygen atoms in total. The Labute approximate surface area is 218 Å². The fraction of sp³-hybridized carbons (Fsp3) is 0.387. The molecule has 2 aromatic carbocycles. The van der Waals surface area contributed by atoms with Gasteiger partial charge in [-0.05, 0) is 111 Å². The average molecular weight is 492 g/mol. The van der Waals surface area contributed by atoms with Gasteiger partial charge >= 0.3 is 0 Å². The van der Waals surface area contributed by atoms with Gasteiger partial charge in [-0.1, -0.05) is 35.5 Å². The Kier molecular flexibility index (Phi) is 5.97. The van der Waals surface area contributed by atoms with E-state index in [2.05, 4.69) is 74.1 Å². The van der Waals surface area contributed by atoms with Gasteiger partial charge in [-0.15, -0.1) is 10.2 Å². The number of aryl methyl sites for hydroxylation is 4. The molecule has 0 spiro atoms. The maximum atomic E-state index is 5.70. The molecule has 0 bridgehead atoms. The highest BCUT2D eigenvalue weighted by atomic mass is 16.5. The summed E-state index contributed by atoms with van der Waals surface area (Å²) in [5.74, 6) is 1.33. The smallest absolute Gasteiger partial charge is 0.189 e. The van der Waals surface area contributed by atoms with Crippen molar-refractivity contribution >= 4 is 11.5 Å². The van der Waals surface area contributed by atoms with Crippen molar-refractivity contribution < 1.29 is 4.52 Å². The minimum atomic E-state index is 0.638. The lowest BCUT2D eigenvalue weighted by molar-refractivity contribution is 0.222. The molecule has 0 saturated carbocycles. The molecule has 3 aliphatic rings. The molecular formula is C31H33N5O. The van der Waals surface area contributed by atoms with Gasteiger partial charge in [0, 0.05) is 23.4 Å². The molecule has 2 aromatic heterocycles. The predicted molar refractivity (Wildman–Crippen MR) is 146 cm³/mol. The summed E-state index contributed by atoms with van der Waals surface area (Å²) >= 11 is 0. The van der Waals surface area contributed by atoms with Crippen LogP contribution >= 0.6 is 0 Å². The van der Waals surface area contributed by atoms with Crippen molar-refractivity contribution in [3.63, 3.8) is 0 Å². The Morgan fingerprint density at radius 2 is 1.59 bits per heavy atom. The van der Waals surface area contributed by atoms with Crippen molar-refractivity contribution in [2.24, 2.45) is 0 Å². The SMILES string of the molecule is c1ccc2c(c1)CCCc1cc(-c3cc(Nc4ccc5c(c4)CCC(N4CCCC4)CC5)no3)nnc1-2. The molecule has 1 aliphatic heterocycles. The molecule has 3 heterocycles. The Bertz CT molecular complexity index is 1420. The Morgan fingerprint density at radius 3 is 2.51 bits per heavy atom. The highest BCUT2D eigenvalue weighted by molar-refractivity contribution is 5.70. The predicted octanol–water partition coefficient (Wildman–Crippen LogP) is 6.37. The number of hydrogen-bond acceptors (Lipinski definition) is 6. The van der Waals surface area contributed by atoms with Crippen molar-refractivity contribution in [1.29, 1.82) is 0 Å². The summed E-state index contributed by atoms with van der Waals surface area (Å²) in [6, 6.07) is 20.1. The monoisotopic (exact) mass is 491 g/mol. The van der Waals surface area contributed by atoms with Gasteiger partial charge in [0.1, 0.15) is 5.69 Å². The van der Waals surface area contributed by atoms with Gasteiger partial charge in [-0.2, -0.15) is 0 Å². The molecular weight excluding hydrogens is 458 g/mol.